The van der Waals surface area contributed by atoms with E-state index in [2.05, 4.69) is 10.4 Å². The van der Waals surface area contributed by atoms with Crippen molar-refractivity contribution in [3.05, 3.63) is 16.1 Å². The number of thioether (sulfide) groups is 1. The van der Waals surface area contributed by atoms with Gasteiger partial charge in [-0.25, -0.2) is 4.98 Å². The summed E-state index contributed by atoms with van der Waals surface area (Å²) >= 11 is 3.61. The summed E-state index contributed by atoms with van der Waals surface area (Å²) in [6.45, 7) is 6.98. The quantitative estimate of drug-likeness (QED) is 0.792. The van der Waals surface area contributed by atoms with E-state index in [1.807, 2.05) is 30.5 Å². The lowest BCUT2D eigenvalue weighted by Gasteiger charge is -2.47. The summed E-state index contributed by atoms with van der Waals surface area (Å²) in [6.07, 6.45) is 1.30. The van der Waals surface area contributed by atoms with Gasteiger partial charge in [0.1, 0.15) is 6.61 Å². The van der Waals surface area contributed by atoms with Crippen molar-refractivity contribution < 1.29 is 14.3 Å². The Morgan fingerprint density at radius 1 is 1.55 bits per heavy atom. The molecular formula is C15H22N2O3S2. The zero-order valence-electron chi connectivity index (χ0n) is 13.0. The second kappa shape index (κ2) is 6.86. The molecule has 2 aliphatic rings. The molecule has 1 spiro atoms. The number of aryl methyl sites for hydroxylation is 1. The third-order valence-electron chi connectivity index (χ3n) is 4.05. The van der Waals surface area contributed by atoms with Crippen molar-refractivity contribution in [3.63, 3.8) is 0 Å². The van der Waals surface area contributed by atoms with Gasteiger partial charge in [-0.2, -0.15) is 0 Å². The Morgan fingerprint density at radius 3 is 3.05 bits per heavy atom. The lowest BCUT2D eigenvalue weighted by Crippen LogP contribution is -2.61. The van der Waals surface area contributed by atoms with E-state index in [0.717, 1.165) is 36.0 Å². The molecule has 2 fully saturated rings. The third kappa shape index (κ3) is 3.64. The summed E-state index contributed by atoms with van der Waals surface area (Å²) < 4.78 is 11.4. The summed E-state index contributed by atoms with van der Waals surface area (Å²) in [5, 5.41) is 3.14. The van der Waals surface area contributed by atoms with Crippen molar-refractivity contribution in [3.8, 4) is 0 Å². The standard InChI is InChI=1S/C15H22N2O3S2/c1-3-19-6-14(18)17-9-15(10-17)4-13(8-22-15)20-5-12-7-21-11(2)16-12/h7,13H,3-6,8-10H2,1-2H3/t13-/m0/s1. The number of amides is 1. The second-order valence-electron chi connectivity index (χ2n) is 5.88. The minimum Gasteiger partial charge on any atom is -0.372 e. The van der Waals surface area contributed by atoms with Gasteiger partial charge in [0, 0.05) is 30.8 Å². The molecule has 0 aromatic carbocycles. The summed E-state index contributed by atoms with van der Waals surface area (Å²) in [7, 11) is 0. The Labute approximate surface area is 139 Å². The van der Waals surface area contributed by atoms with Crippen molar-refractivity contribution >= 4 is 29.0 Å². The van der Waals surface area contributed by atoms with Gasteiger partial charge in [-0.1, -0.05) is 0 Å². The molecule has 2 aliphatic heterocycles. The number of likely N-dealkylation sites (tertiary alicyclic amines) is 1. The van der Waals surface area contributed by atoms with Gasteiger partial charge in [-0.15, -0.1) is 23.1 Å². The smallest absolute Gasteiger partial charge is 0.248 e. The third-order valence-corrected chi connectivity index (χ3v) is 6.45. The van der Waals surface area contributed by atoms with E-state index in [-0.39, 0.29) is 23.4 Å². The highest BCUT2D eigenvalue weighted by Gasteiger charge is 2.50. The van der Waals surface area contributed by atoms with Gasteiger partial charge in [0.05, 0.1) is 28.2 Å². The van der Waals surface area contributed by atoms with Crippen LogP contribution in [-0.4, -0.2) is 58.7 Å². The number of nitrogens with zero attached hydrogens (tertiary/aromatic N) is 2. The van der Waals surface area contributed by atoms with Crippen molar-refractivity contribution in [1.82, 2.24) is 9.88 Å². The minimum atomic E-state index is 0.107. The number of hydrogen-bond acceptors (Lipinski definition) is 6. The molecule has 3 rings (SSSR count). The summed E-state index contributed by atoms with van der Waals surface area (Å²) in [5.74, 6) is 1.12. The Hall–Kier alpha value is -0.630. The van der Waals surface area contributed by atoms with Gasteiger partial charge in [0.25, 0.3) is 0 Å². The average molecular weight is 342 g/mol. The van der Waals surface area contributed by atoms with Crippen molar-refractivity contribution in [2.75, 3.05) is 32.1 Å². The molecule has 22 heavy (non-hydrogen) atoms. The molecular weight excluding hydrogens is 320 g/mol. The molecule has 0 unspecified atom stereocenters. The normalized spacial score (nSPS) is 23.0. The summed E-state index contributed by atoms with van der Waals surface area (Å²) in [4.78, 5) is 18.2. The molecule has 1 aromatic heterocycles. The van der Waals surface area contributed by atoms with Crippen LogP contribution in [0, 0.1) is 6.92 Å². The van der Waals surface area contributed by atoms with Crippen LogP contribution in [0.2, 0.25) is 0 Å². The summed E-state index contributed by atoms with van der Waals surface area (Å²) in [5.41, 5.74) is 1.02. The Morgan fingerprint density at radius 2 is 2.36 bits per heavy atom. The number of carbonyl (C=O) groups excluding carboxylic acids is 1. The average Bonchev–Trinajstić information content (AvgIpc) is 3.07. The number of thiazole rings is 1. The number of hydrogen-bond donors (Lipinski definition) is 0. The lowest BCUT2D eigenvalue weighted by molar-refractivity contribution is -0.141. The van der Waals surface area contributed by atoms with Crippen molar-refractivity contribution in [2.45, 2.75) is 37.7 Å². The monoisotopic (exact) mass is 342 g/mol. The maximum Gasteiger partial charge on any atom is 0.248 e. The SMILES string of the molecule is CCOCC(=O)N1CC2(C[C@H](OCc3csc(C)n3)CS2)C1. The van der Waals surface area contributed by atoms with E-state index in [1.54, 1.807) is 11.3 Å². The first-order valence-corrected chi connectivity index (χ1v) is 9.49. The molecule has 0 bridgehead atoms. The van der Waals surface area contributed by atoms with Crippen LogP contribution in [0.25, 0.3) is 0 Å². The topological polar surface area (TPSA) is 51.7 Å². The van der Waals surface area contributed by atoms with E-state index >= 15 is 0 Å². The van der Waals surface area contributed by atoms with Crippen molar-refractivity contribution in [2.24, 2.45) is 0 Å². The molecule has 3 heterocycles. The Kier molecular flexibility index (Phi) is 5.07. The van der Waals surface area contributed by atoms with Gasteiger partial charge in [0.15, 0.2) is 0 Å². The molecule has 1 atom stereocenters. The van der Waals surface area contributed by atoms with Crippen LogP contribution in [0.4, 0.5) is 0 Å². The van der Waals surface area contributed by atoms with Crippen LogP contribution in [0.15, 0.2) is 5.38 Å². The molecule has 0 saturated carbocycles. The predicted molar refractivity (Wildman–Crippen MR) is 88.3 cm³/mol. The first kappa shape index (κ1) is 16.2. The highest BCUT2D eigenvalue weighted by molar-refractivity contribution is 8.01. The van der Waals surface area contributed by atoms with Crippen LogP contribution in [0.1, 0.15) is 24.0 Å². The lowest BCUT2D eigenvalue weighted by atomic mass is 9.93. The molecule has 2 saturated heterocycles. The van der Waals surface area contributed by atoms with Gasteiger partial charge >= 0.3 is 0 Å². The fraction of sp³-hybridized carbons (Fsp3) is 0.733. The van der Waals surface area contributed by atoms with Crippen LogP contribution < -0.4 is 0 Å². The number of ether oxygens (including phenoxy) is 2. The molecule has 0 aliphatic carbocycles. The molecule has 1 aromatic rings. The van der Waals surface area contributed by atoms with E-state index in [1.165, 1.54) is 0 Å². The molecule has 7 heteroatoms. The number of rotatable bonds is 6. The fourth-order valence-corrected chi connectivity index (χ4v) is 5.06. The second-order valence-corrected chi connectivity index (χ2v) is 8.43. The largest absolute Gasteiger partial charge is 0.372 e. The molecule has 0 radical (unpaired) electrons. The van der Waals surface area contributed by atoms with E-state index in [4.69, 9.17) is 9.47 Å². The van der Waals surface area contributed by atoms with E-state index < -0.39 is 0 Å². The van der Waals surface area contributed by atoms with Crippen LogP contribution in [0.5, 0.6) is 0 Å². The fourth-order valence-electron chi connectivity index (χ4n) is 2.91. The first-order chi connectivity index (χ1) is 10.6. The predicted octanol–water partition coefficient (Wildman–Crippen LogP) is 2.09. The van der Waals surface area contributed by atoms with Crippen LogP contribution >= 0.6 is 23.1 Å². The van der Waals surface area contributed by atoms with Gasteiger partial charge in [-0.3, -0.25) is 4.79 Å². The zero-order chi connectivity index (χ0) is 15.6. The van der Waals surface area contributed by atoms with Gasteiger partial charge < -0.3 is 14.4 Å². The van der Waals surface area contributed by atoms with E-state index in [0.29, 0.717) is 13.2 Å². The van der Waals surface area contributed by atoms with Crippen LogP contribution in [-0.2, 0) is 20.9 Å². The van der Waals surface area contributed by atoms with Gasteiger partial charge in [-0.05, 0) is 20.3 Å². The highest BCUT2D eigenvalue weighted by Crippen LogP contribution is 2.46. The van der Waals surface area contributed by atoms with Crippen molar-refractivity contribution in [1.29, 1.82) is 0 Å². The first-order valence-electron chi connectivity index (χ1n) is 7.62. The molecule has 1 amide bonds. The zero-order valence-corrected chi connectivity index (χ0v) is 14.7. The highest BCUT2D eigenvalue weighted by atomic mass is 32.2. The maximum atomic E-state index is 11.9. The van der Waals surface area contributed by atoms with E-state index in [9.17, 15) is 4.79 Å². The van der Waals surface area contributed by atoms with Gasteiger partial charge in [0.2, 0.25) is 5.91 Å². The summed E-state index contributed by atoms with van der Waals surface area (Å²) in [6, 6.07) is 0. The number of carbonyl (C=O) groups is 1. The Balaban J connectivity index is 1.41. The minimum absolute atomic E-state index is 0.107. The molecule has 5 nitrogen and oxygen atoms in total. The maximum absolute atomic E-state index is 11.9. The molecule has 0 N–H and O–H groups in total. The number of aromatic nitrogens is 1. The Bertz CT molecular complexity index is 529. The molecule has 122 valence electrons. The van der Waals surface area contributed by atoms with Crippen LogP contribution in [0.3, 0.4) is 0 Å².